The van der Waals surface area contributed by atoms with E-state index in [1.54, 1.807) is 12.4 Å². The summed E-state index contributed by atoms with van der Waals surface area (Å²) < 4.78 is 27.0. The summed E-state index contributed by atoms with van der Waals surface area (Å²) in [7, 11) is -3.13. The van der Waals surface area contributed by atoms with Crippen LogP contribution in [0.3, 0.4) is 0 Å². The minimum Gasteiger partial charge on any atom is -0.394 e. The number of aromatic nitrogens is 1. The van der Waals surface area contributed by atoms with Gasteiger partial charge in [0.05, 0.1) is 16.4 Å². The summed E-state index contributed by atoms with van der Waals surface area (Å²) in [5.74, 6) is 0.229. The fourth-order valence-electron chi connectivity index (χ4n) is 2.50. The van der Waals surface area contributed by atoms with Gasteiger partial charge in [-0.25, -0.2) is 12.7 Å². The van der Waals surface area contributed by atoms with Crippen LogP contribution in [0.5, 0.6) is 0 Å². The van der Waals surface area contributed by atoms with E-state index in [9.17, 15) is 13.2 Å². The zero-order valence-corrected chi connectivity index (χ0v) is 13.7. The third kappa shape index (κ3) is 3.62. The zero-order chi connectivity index (χ0) is 14.9. The molecule has 0 spiro atoms. The first-order valence-electron chi connectivity index (χ1n) is 6.37. The molecule has 8 heteroatoms. The summed E-state index contributed by atoms with van der Waals surface area (Å²) in [6.45, 7) is 1.75. The number of anilines is 1. The number of hydrogen-bond donors (Lipinski definition) is 1. The first-order chi connectivity index (χ1) is 9.27. The average molecular weight is 364 g/mol. The van der Waals surface area contributed by atoms with Gasteiger partial charge in [-0.2, -0.15) is 0 Å². The predicted molar refractivity (Wildman–Crippen MR) is 82.0 cm³/mol. The van der Waals surface area contributed by atoms with E-state index in [1.165, 1.54) is 10.6 Å². The molecule has 1 atom stereocenters. The van der Waals surface area contributed by atoms with Gasteiger partial charge in [0.2, 0.25) is 15.5 Å². The van der Waals surface area contributed by atoms with Crippen LogP contribution in [0.4, 0.5) is 5.69 Å². The van der Waals surface area contributed by atoms with Crippen molar-refractivity contribution in [1.82, 2.24) is 8.87 Å². The molecule has 112 valence electrons. The van der Waals surface area contributed by atoms with E-state index in [0.29, 0.717) is 24.1 Å². The van der Waals surface area contributed by atoms with Crippen molar-refractivity contribution in [2.24, 2.45) is 5.92 Å². The van der Waals surface area contributed by atoms with Crippen LogP contribution in [0, 0.1) is 5.92 Å². The summed E-state index contributed by atoms with van der Waals surface area (Å²) in [4.78, 5) is 11.5. The van der Waals surface area contributed by atoms with Crippen LogP contribution in [0.2, 0.25) is 0 Å². The van der Waals surface area contributed by atoms with E-state index in [4.69, 9.17) is 5.73 Å². The van der Waals surface area contributed by atoms with E-state index >= 15 is 0 Å². The van der Waals surface area contributed by atoms with Crippen LogP contribution in [0.25, 0.3) is 0 Å². The van der Waals surface area contributed by atoms with Gasteiger partial charge in [-0.05, 0) is 34.7 Å². The number of hydrogen-bond acceptors (Lipinski definition) is 4. The largest absolute Gasteiger partial charge is 0.394 e. The Balaban J connectivity index is 2.12. The van der Waals surface area contributed by atoms with Crippen molar-refractivity contribution < 1.29 is 8.42 Å². The molecule has 0 amide bonds. The normalized spacial score (nSPS) is 21.0. The second-order valence-electron chi connectivity index (χ2n) is 5.22. The Bertz CT molecular complexity index is 630. The van der Waals surface area contributed by atoms with Crippen LogP contribution in [0.1, 0.15) is 12.8 Å². The van der Waals surface area contributed by atoms with Gasteiger partial charge < -0.3 is 10.3 Å². The van der Waals surface area contributed by atoms with Crippen LogP contribution in [0.15, 0.2) is 21.7 Å². The molecule has 0 aliphatic carbocycles. The van der Waals surface area contributed by atoms with Gasteiger partial charge in [0.25, 0.3) is 0 Å². The lowest BCUT2D eigenvalue weighted by Gasteiger charge is -2.31. The van der Waals surface area contributed by atoms with Crippen molar-refractivity contribution in [2.75, 3.05) is 25.1 Å². The zero-order valence-electron chi connectivity index (χ0n) is 11.3. The molecule has 1 fully saturated rings. The Hall–Kier alpha value is -0.860. The SMILES string of the molecule is CS(=O)(=O)N1CCCC(Cn2cc(N)c(=O)c(Br)c2)C1. The van der Waals surface area contributed by atoms with Crippen LogP contribution in [-0.2, 0) is 16.6 Å². The molecule has 6 nitrogen and oxygen atoms in total. The van der Waals surface area contributed by atoms with Crippen molar-refractivity contribution in [1.29, 1.82) is 0 Å². The second kappa shape index (κ2) is 5.87. The number of nitrogens with zero attached hydrogens (tertiary/aromatic N) is 2. The predicted octanol–water partition coefficient (Wildman–Crippen LogP) is 0.865. The lowest BCUT2D eigenvalue weighted by Crippen LogP contribution is -2.40. The summed E-state index contributed by atoms with van der Waals surface area (Å²) >= 11 is 3.19. The molecule has 1 unspecified atom stereocenters. The van der Waals surface area contributed by atoms with Crippen LogP contribution < -0.4 is 11.2 Å². The minimum absolute atomic E-state index is 0.190. The Morgan fingerprint density at radius 1 is 1.45 bits per heavy atom. The van der Waals surface area contributed by atoms with Gasteiger partial charge in [-0.15, -0.1) is 0 Å². The van der Waals surface area contributed by atoms with Crippen molar-refractivity contribution in [3.63, 3.8) is 0 Å². The number of sulfonamides is 1. The number of nitrogens with two attached hydrogens (primary N) is 1. The molecular formula is C12H18BrN3O3S. The number of rotatable bonds is 3. The Morgan fingerprint density at radius 2 is 2.15 bits per heavy atom. The van der Waals surface area contributed by atoms with Crippen molar-refractivity contribution in [3.05, 3.63) is 27.1 Å². The van der Waals surface area contributed by atoms with Gasteiger partial charge >= 0.3 is 0 Å². The summed E-state index contributed by atoms with van der Waals surface area (Å²) in [6.07, 6.45) is 6.36. The van der Waals surface area contributed by atoms with E-state index in [0.717, 1.165) is 12.8 Å². The highest BCUT2D eigenvalue weighted by Gasteiger charge is 2.25. The summed E-state index contributed by atoms with van der Waals surface area (Å²) in [5, 5.41) is 0. The molecule has 1 aliphatic heterocycles. The summed E-state index contributed by atoms with van der Waals surface area (Å²) in [5.41, 5.74) is 5.62. The molecular weight excluding hydrogens is 346 g/mol. The highest BCUT2D eigenvalue weighted by Crippen LogP contribution is 2.21. The number of pyridine rings is 1. The van der Waals surface area contributed by atoms with Gasteiger partial charge in [0.15, 0.2) is 0 Å². The van der Waals surface area contributed by atoms with E-state index < -0.39 is 10.0 Å². The minimum atomic E-state index is -3.13. The molecule has 1 aliphatic rings. The molecule has 20 heavy (non-hydrogen) atoms. The fourth-order valence-corrected chi connectivity index (χ4v) is 3.93. The van der Waals surface area contributed by atoms with E-state index in [2.05, 4.69) is 15.9 Å². The maximum atomic E-state index is 11.6. The molecule has 1 saturated heterocycles. The third-order valence-corrected chi connectivity index (χ3v) is 5.32. The lowest BCUT2D eigenvalue weighted by atomic mass is 9.99. The molecule has 0 saturated carbocycles. The quantitative estimate of drug-likeness (QED) is 0.862. The highest BCUT2D eigenvalue weighted by atomic mass is 79.9. The summed E-state index contributed by atoms with van der Waals surface area (Å²) in [6, 6.07) is 0. The number of piperidine rings is 1. The number of nitrogen functional groups attached to an aromatic ring is 1. The Morgan fingerprint density at radius 3 is 2.75 bits per heavy atom. The fraction of sp³-hybridized carbons (Fsp3) is 0.583. The first kappa shape index (κ1) is 15.5. The second-order valence-corrected chi connectivity index (χ2v) is 8.05. The van der Waals surface area contributed by atoms with Crippen LogP contribution >= 0.6 is 15.9 Å². The van der Waals surface area contributed by atoms with Gasteiger partial charge in [-0.1, -0.05) is 0 Å². The molecule has 1 aromatic heterocycles. The highest BCUT2D eigenvalue weighted by molar-refractivity contribution is 9.10. The molecule has 2 heterocycles. The lowest BCUT2D eigenvalue weighted by molar-refractivity contribution is 0.246. The van der Waals surface area contributed by atoms with Gasteiger partial charge in [0, 0.05) is 32.0 Å². The Labute approximate surface area is 126 Å². The Kier molecular flexibility index (Phi) is 4.55. The number of halogens is 1. The van der Waals surface area contributed by atoms with E-state index in [-0.39, 0.29) is 17.0 Å². The molecule has 0 bridgehead atoms. The maximum absolute atomic E-state index is 11.6. The molecule has 0 aromatic carbocycles. The monoisotopic (exact) mass is 363 g/mol. The smallest absolute Gasteiger partial charge is 0.218 e. The molecule has 1 aromatic rings. The third-order valence-electron chi connectivity index (χ3n) is 3.48. The molecule has 2 rings (SSSR count). The van der Waals surface area contributed by atoms with Gasteiger partial charge in [0.1, 0.15) is 0 Å². The van der Waals surface area contributed by atoms with Crippen molar-refractivity contribution >= 4 is 31.6 Å². The van der Waals surface area contributed by atoms with Crippen molar-refractivity contribution in [2.45, 2.75) is 19.4 Å². The molecule has 2 N–H and O–H groups in total. The topological polar surface area (TPSA) is 85.4 Å². The first-order valence-corrected chi connectivity index (χ1v) is 9.01. The average Bonchev–Trinajstić information content (AvgIpc) is 2.35. The van der Waals surface area contributed by atoms with Gasteiger partial charge in [-0.3, -0.25) is 4.79 Å². The van der Waals surface area contributed by atoms with Crippen molar-refractivity contribution in [3.8, 4) is 0 Å². The molecule has 0 radical (unpaired) electrons. The van der Waals surface area contributed by atoms with Crippen LogP contribution in [-0.4, -0.2) is 36.6 Å². The standard InChI is InChI=1S/C12H18BrN3O3S/c1-20(18,19)16-4-2-3-9(6-16)5-15-7-10(13)12(17)11(14)8-15/h7-9H,2-6,14H2,1H3. The maximum Gasteiger partial charge on any atom is 0.218 e. The van der Waals surface area contributed by atoms with E-state index in [1.807, 2.05) is 4.57 Å².